The molecule has 0 saturated heterocycles. The Morgan fingerprint density at radius 1 is 1.04 bits per heavy atom. The third-order valence-electron chi connectivity index (χ3n) is 3.91. The highest BCUT2D eigenvalue weighted by atomic mass is 32.2. The Hall–Kier alpha value is -2.76. The number of hydrogen-bond donors (Lipinski definition) is 0. The number of anilines is 1. The number of thioether (sulfide) groups is 1. The number of amides is 1. The van der Waals surface area contributed by atoms with Crippen LogP contribution >= 0.6 is 11.8 Å². The Morgan fingerprint density at radius 3 is 2.42 bits per heavy atom. The molecule has 1 amide bonds. The van der Waals surface area contributed by atoms with Gasteiger partial charge in [0.1, 0.15) is 5.92 Å². The van der Waals surface area contributed by atoms with Crippen LogP contribution in [0.4, 0.5) is 5.69 Å². The molecule has 0 bridgehead atoms. The van der Waals surface area contributed by atoms with E-state index in [-0.39, 0.29) is 12.3 Å². The van der Waals surface area contributed by atoms with Gasteiger partial charge in [-0.2, -0.15) is 10.5 Å². The third kappa shape index (κ3) is 3.27. The smallest absolute Gasteiger partial charge is 0.240 e. The van der Waals surface area contributed by atoms with Crippen molar-refractivity contribution in [1.29, 1.82) is 10.5 Å². The van der Waals surface area contributed by atoms with Crippen molar-refractivity contribution in [3.8, 4) is 12.1 Å². The average Bonchev–Trinajstić information content (AvgIpc) is 2.63. The molecule has 0 radical (unpaired) electrons. The SMILES string of the molecule is N#CC(C#N)CC1Sc2ccccc2N(Cc2ccccc2)C1=O. The number of hydrogen-bond acceptors (Lipinski definition) is 4. The number of nitriles is 2. The molecule has 0 aromatic heterocycles. The molecule has 5 heteroatoms. The molecule has 0 spiro atoms. The first-order chi connectivity index (χ1) is 11.7. The summed E-state index contributed by atoms with van der Waals surface area (Å²) in [6.07, 6.45) is 0.246. The van der Waals surface area contributed by atoms with Gasteiger partial charge in [0.25, 0.3) is 0 Å². The van der Waals surface area contributed by atoms with Crippen LogP contribution in [-0.4, -0.2) is 11.2 Å². The van der Waals surface area contributed by atoms with Crippen LogP contribution in [-0.2, 0) is 11.3 Å². The Balaban J connectivity index is 1.92. The summed E-state index contributed by atoms with van der Waals surface area (Å²) in [7, 11) is 0. The zero-order chi connectivity index (χ0) is 16.9. The molecule has 3 rings (SSSR count). The number of fused-ring (bicyclic) bond motifs is 1. The zero-order valence-electron chi connectivity index (χ0n) is 12.9. The molecule has 1 aliphatic heterocycles. The van der Waals surface area contributed by atoms with E-state index in [9.17, 15) is 4.79 Å². The van der Waals surface area contributed by atoms with Gasteiger partial charge < -0.3 is 4.90 Å². The van der Waals surface area contributed by atoms with E-state index >= 15 is 0 Å². The zero-order valence-corrected chi connectivity index (χ0v) is 13.7. The van der Waals surface area contributed by atoms with Gasteiger partial charge in [0.2, 0.25) is 5.91 Å². The Morgan fingerprint density at radius 2 is 1.71 bits per heavy atom. The number of rotatable bonds is 4. The maximum Gasteiger partial charge on any atom is 0.240 e. The number of carbonyl (C=O) groups is 1. The van der Waals surface area contributed by atoms with E-state index in [0.29, 0.717) is 6.54 Å². The van der Waals surface area contributed by atoms with Crippen LogP contribution in [0.25, 0.3) is 0 Å². The van der Waals surface area contributed by atoms with E-state index < -0.39 is 11.2 Å². The largest absolute Gasteiger partial charge is 0.306 e. The maximum atomic E-state index is 12.9. The lowest BCUT2D eigenvalue weighted by molar-refractivity contribution is -0.118. The molecule has 2 aromatic rings. The number of nitrogens with zero attached hydrogens (tertiary/aromatic N) is 3. The Kier molecular flexibility index (Phi) is 4.84. The third-order valence-corrected chi connectivity index (χ3v) is 5.19. The summed E-state index contributed by atoms with van der Waals surface area (Å²) < 4.78 is 0. The first kappa shape index (κ1) is 16.1. The minimum absolute atomic E-state index is 0.0435. The van der Waals surface area contributed by atoms with Crippen molar-refractivity contribution in [2.75, 3.05) is 4.90 Å². The van der Waals surface area contributed by atoms with Crippen molar-refractivity contribution in [3.63, 3.8) is 0 Å². The van der Waals surface area contributed by atoms with Crippen molar-refractivity contribution >= 4 is 23.4 Å². The Bertz CT molecular complexity index is 808. The molecular formula is C19H15N3OS. The normalized spacial score (nSPS) is 16.4. The first-order valence-corrected chi connectivity index (χ1v) is 8.51. The maximum absolute atomic E-state index is 12.9. The minimum Gasteiger partial charge on any atom is -0.306 e. The average molecular weight is 333 g/mol. The lowest BCUT2D eigenvalue weighted by Gasteiger charge is -2.34. The number of carbonyl (C=O) groups excluding carboxylic acids is 1. The quantitative estimate of drug-likeness (QED) is 0.854. The van der Waals surface area contributed by atoms with Crippen molar-refractivity contribution in [1.82, 2.24) is 0 Å². The molecule has 0 fully saturated rings. The van der Waals surface area contributed by atoms with Crippen molar-refractivity contribution < 1.29 is 4.79 Å². The fourth-order valence-electron chi connectivity index (χ4n) is 2.70. The fourth-order valence-corrected chi connectivity index (χ4v) is 3.98. The van der Waals surface area contributed by atoms with E-state index in [2.05, 4.69) is 0 Å². The van der Waals surface area contributed by atoms with Gasteiger partial charge in [-0.15, -0.1) is 11.8 Å². The van der Waals surface area contributed by atoms with Crippen LogP contribution in [0.2, 0.25) is 0 Å². The number of benzene rings is 2. The second-order valence-corrected chi connectivity index (χ2v) is 6.78. The molecule has 1 heterocycles. The van der Waals surface area contributed by atoms with Gasteiger partial charge in [-0.1, -0.05) is 42.5 Å². The first-order valence-electron chi connectivity index (χ1n) is 7.63. The summed E-state index contributed by atoms with van der Waals surface area (Å²) in [4.78, 5) is 15.7. The highest BCUT2D eigenvalue weighted by molar-refractivity contribution is 8.01. The van der Waals surface area contributed by atoms with Gasteiger partial charge in [-0.3, -0.25) is 4.79 Å². The van der Waals surface area contributed by atoms with E-state index in [0.717, 1.165) is 16.1 Å². The molecule has 1 aliphatic rings. The summed E-state index contributed by atoms with van der Waals surface area (Å²) in [5.41, 5.74) is 1.93. The van der Waals surface area contributed by atoms with Gasteiger partial charge >= 0.3 is 0 Å². The second-order valence-electron chi connectivity index (χ2n) is 5.53. The molecule has 4 nitrogen and oxygen atoms in total. The lowest BCUT2D eigenvalue weighted by atomic mass is 10.0. The summed E-state index contributed by atoms with van der Waals surface area (Å²) in [5, 5.41) is 17.7. The topological polar surface area (TPSA) is 67.9 Å². The predicted octanol–water partition coefficient (Wildman–Crippen LogP) is 3.75. The van der Waals surface area contributed by atoms with E-state index in [1.807, 2.05) is 66.7 Å². The van der Waals surface area contributed by atoms with E-state index in [4.69, 9.17) is 10.5 Å². The molecule has 0 aliphatic carbocycles. The van der Waals surface area contributed by atoms with Crippen LogP contribution in [0.1, 0.15) is 12.0 Å². The number of para-hydroxylation sites is 1. The summed E-state index contributed by atoms with van der Waals surface area (Å²) in [5.74, 6) is -0.812. The molecular weight excluding hydrogens is 318 g/mol. The van der Waals surface area contributed by atoms with Crippen LogP contribution in [0.5, 0.6) is 0 Å². The van der Waals surface area contributed by atoms with E-state index in [1.165, 1.54) is 11.8 Å². The fraction of sp³-hybridized carbons (Fsp3) is 0.211. The van der Waals surface area contributed by atoms with Crippen LogP contribution < -0.4 is 4.90 Å². The minimum atomic E-state index is -0.768. The van der Waals surface area contributed by atoms with Gasteiger partial charge in [0.15, 0.2) is 0 Å². The lowest BCUT2D eigenvalue weighted by Crippen LogP contribution is -2.41. The molecule has 0 saturated carbocycles. The molecule has 2 aromatic carbocycles. The van der Waals surface area contributed by atoms with Crippen molar-refractivity contribution in [2.45, 2.75) is 23.1 Å². The van der Waals surface area contributed by atoms with Gasteiger partial charge in [0, 0.05) is 4.90 Å². The monoisotopic (exact) mass is 333 g/mol. The summed E-state index contributed by atoms with van der Waals surface area (Å²) >= 11 is 1.45. The molecule has 24 heavy (non-hydrogen) atoms. The van der Waals surface area contributed by atoms with Crippen molar-refractivity contribution in [3.05, 3.63) is 60.2 Å². The standard InChI is InChI=1S/C19H15N3OS/c20-11-15(12-21)10-18-19(23)22(13-14-6-2-1-3-7-14)16-8-4-5-9-17(16)24-18/h1-9,15,18H,10,13H2. The summed E-state index contributed by atoms with van der Waals surface area (Å²) in [6.45, 7) is 0.484. The second kappa shape index (κ2) is 7.21. The van der Waals surface area contributed by atoms with Crippen LogP contribution in [0, 0.1) is 28.6 Å². The molecule has 0 N–H and O–H groups in total. The van der Waals surface area contributed by atoms with Crippen LogP contribution in [0.15, 0.2) is 59.5 Å². The highest BCUT2D eigenvalue weighted by Crippen LogP contribution is 2.41. The van der Waals surface area contributed by atoms with Gasteiger partial charge in [0.05, 0.1) is 29.6 Å². The molecule has 1 unspecified atom stereocenters. The molecule has 1 atom stereocenters. The highest BCUT2D eigenvalue weighted by Gasteiger charge is 2.34. The van der Waals surface area contributed by atoms with Crippen LogP contribution in [0.3, 0.4) is 0 Å². The molecule has 118 valence electrons. The summed E-state index contributed by atoms with van der Waals surface area (Å²) in [6, 6.07) is 21.5. The van der Waals surface area contributed by atoms with E-state index in [1.54, 1.807) is 4.90 Å². The van der Waals surface area contributed by atoms with Gasteiger partial charge in [-0.25, -0.2) is 0 Å². The Labute approximate surface area is 145 Å². The predicted molar refractivity (Wildman–Crippen MR) is 93.1 cm³/mol. The van der Waals surface area contributed by atoms with Gasteiger partial charge in [-0.05, 0) is 24.1 Å². The van der Waals surface area contributed by atoms with Crippen molar-refractivity contribution in [2.24, 2.45) is 5.92 Å².